The molecule has 0 aliphatic carbocycles. The lowest BCUT2D eigenvalue weighted by atomic mass is 10.2. The molecule has 1 aromatic heterocycles. The summed E-state index contributed by atoms with van der Waals surface area (Å²) in [7, 11) is 0. The zero-order valence-electron chi connectivity index (χ0n) is 8.81. The molecule has 1 aromatic carbocycles. The van der Waals surface area contributed by atoms with Crippen LogP contribution >= 0.6 is 15.9 Å². The van der Waals surface area contributed by atoms with Crippen LogP contribution in [0.3, 0.4) is 0 Å². The number of halogens is 1. The molecule has 0 spiro atoms. The molecule has 1 heterocycles. The number of fused-ring (bicyclic) bond motifs is 1. The van der Waals surface area contributed by atoms with Gasteiger partial charge in [-0.15, -0.1) is 0 Å². The summed E-state index contributed by atoms with van der Waals surface area (Å²) in [4.78, 5) is 21.8. The summed E-state index contributed by atoms with van der Waals surface area (Å²) in [5, 5.41) is 0.527. The highest BCUT2D eigenvalue weighted by Crippen LogP contribution is 2.22. The second-order valence-electron chi connectivity index (χ2n) is 3.41. The minimum atomic E-state index is -0.103. The van der Waals surface area contributed by atoms with Crippen LogP contribution in [-0.2, 0) is 16.0 Å². The molecule has 4 nitrogen and oxygen atoms in total. The van der Waals surface area contributed by atoms with E-state index >= 15 is 0 Å². The molecule has 2 aromatic rings. The first-order valence-electron chi connectivity index (χ1n) is 4.99. The molecule has 0 aliphatic heterocycles. The first-order chi connectivity index (χ1) is 8.22. The number of carbonyl (C=O) groups excluding carboxylic acids is 1. The third-order valence-electron chi connectivity index (χ3n) is 2.29. The van der Waals surface area contributed by atoms with Crippen molar-refractivity contribution in [3.8, 4) is 0 Å². The van der Waals surface area contributed by atoms with Crippen molar-refractivity contribution in [3.05, 3.63) is 44.7 Å². The van der Waals surface area contributed by atoms with Gasteiger partial charge in [0.1, 0.15) is 5.76 Å². The van der Waals surface area contributed by atoms with Crippen LogP contribution in [0.2, 0.25) is 0 Å². The molecule has 0 fully saturated rings. The van der Waals surface area contributed by atoms with Crippen LogP contribution in [0.4, 0.5) is 0 Å². The second-order valence-corrected chi connectivity index (χ2v) is 4.26. The number of para-hydroxylation sites is 1. The number of ether oxygens (including phenoxy) is 1. The molecule has 2 rings (SSSR count). The average Bonchev–Trinajstić information content (AvgIpc) is 2.31. The van der Waals surface area contributed by atoms with Crippen molar-refractivity contribution in [1.29, 1.82) is 0 Å². The molecular weight excluding hydrogens is 288 g/mol. The molecule has 88 valence electrons. The van der Waals surface area contributed by atoms with Crippen molar-refractivity contribution < 1.29 is 13.9 Å². The molecule has 0 saturated carbocycles. The second kappa shape index (κ2) is 5.14. The predicted octanol–water partition coefficient (Wildman–Crippen LogP) is 2.27. The molecule has 0 atom stereocenters. The SMILES string of the molecule is O=COCCc1cc(=O)c2cccc(Br)c2o1. The molecule has 0 saturated heterocycles. The van der Waals surface area contributed by atoms with Crippen LogP contribution in [0, 0.1) is 0 Å². The van der Waals surface area contributed by atoms with Gasteiger partial charge in [0.2, 0.25) is 0 Å². The Labute approximate surface area is 105 Å². The van der Waals surface area contributed by atoms with Crippen LogP contribution in [0.25, 0.3) is 11.0 Å². The zero-order chi connectivity index (χ0) is 12.3. The fourth-order valence-electron chi connectivity index (χ4n) is 1.52. The molecule has 0 unspecified atom stereocenters. The fourth-order valence-corrected chi connectivity index (χ4v) is 1.97. The summed E-state index contributed by atoms with van der Waals surface area (Å²) < 4.78 is 10.9. The van der Waals surface area contributed by atoms with Gasteiger partial charge in [-0.25, -0.2) is 0 Å². The van der Waals surface area contributed by atoms with E-state index in [9.17, 15) is 9.59 Å². The van der Waals surface area contributed by atoms with Gasteiger partial charge in [-0.2, -0.15) is 0 Å². The Morgan fingerprint density at radius 1 is 1.41 bits per heavy atom. The van der Waals surface area contributed by atoms with Crippen molar-refractivity contribution in [2.75, 3.05) is 6.61 Å². The Morgan fingerprint density at radius 3 is 3.00 bits per heavy atom. The highest BCUT2D eigenvalue weighted by Gasteiger charge is 2.07. The Morgan fingerprint density at radius 2 is 2.24 bits per heavy atom. The summed E-state index contributed by atoms with van der Waals surface area (Å²) >= 11 is 3.33. The molecule has 0 aliphatic rings. The van der Waals surface area contributed by atoms with Crippen LogP contribution in [-0.4, -0.2) is 13.1 Å². The molecule has 0 bridgehead atoms. The van der Waals surface area contributed by atoms with Crippen molar-refractivity contribution in [1.82, 2.24) is 0 Å². The van der Waals surface area contributed by atoms with Crippen molar-refractivity contribution in [2.24, 2.45) is 0 Å². The third kappa shape index (κ3) is 2.55. The highest BCUT2D eigenvalue weighted by molar-refractivity contribution is 9.10. The molecule has 0 amide bonds. The van der Waals surface area contributed by atoms with Gasteiger partial charge in [0.15, 0.2) is 11.0 Å². The van der Waals surface area contributed by atoms with Crippen molar-refractivity contribution in [2.45, 2.75) is 6.42 Å². The molecule has 17 heavy (non-hydrogen) atoms. The van der Waals surface area contributed by atoms with E-state index in [1.54, 1.807) is 18.2 Å². The zero-order valence-corrected chi connectivity index (χ0v) is 10.4. The smallest absolute Gasteiger partial charge is 0.293 e. The van der Waals surface area contributed by atoms with E-state index in [0.29, 0.717) is 29.6 Å². The quantitative estimate of drug-likeness (QED) is 0.641. The molecule has 0 radical (unpaired) electrons. The van der Waals surface area contributed by atoms with E-state index in [4.69, 9.17) is 4.42 Å². The third-order valence-corrected chi connectivity index (χ3v) is 2.92. The normalized spacial score (nSPS) is 10.4. The van der Waals surface area contributed by atoms with E-state index in [0.717, 1.165) is 4.47 Å². The van der Waals surface area contributed by atoms with Gasteiger partial charge in [-0.3, -0.25) is 9.59 Å². The molecule has 5 heteroatoms. The number of benzene rings is 1. The molecular formula is C12H9BrO4. The van der Waals surface area contributed by atoms with Crippen LogP contribution in [0.5, 0.6) is 0 Å². The Bertz CT molecular complexity index is 603. The summed E-state index contributed by atoms with van der Waals surface area (Å²) in [6.45, 7) is 0.567. The van der Waals surface area contributed by atoms with E-state index in [1.165, 1.54) is 6.07 Å². The van der Waals surface area contributed by atoms with Crippen LogP contribution < -0.4 is 5.43 Å². The summed E-state index contributed by atoms with van der Waals surface area (Å²) in [5.74, 6) is 0.497. The van der Waals surface area contributed by atoms with Gasteiger partial charge in [0.05, 0.1) is 16.5 Å². The number of carbonyl (C=O) groups is 1. The van der Waals surface area contributed by atoms with Gasteiger partial charge < -0.3 is 9.15 Å². The van der Waals surface area contributed by atoms with Gasteiger partial charge in [-0.1, -0.05) is 6.07 Å². The first kappa shape index (κ1) is 11.9. The summed E-state index contributed by atoms with van der Waals surface area (Å²) in [6.07, 6.45) is 0.380. The summed E-state index contributed by atoms with van der Waals surface area (Å²) in [6, 6.07) is 6.70. The average molecular weight is 297 g/mol. The Kier molecular flexibility index (Phi) is 3.58. The maximum atomic E-state index is 11.8. The fraction of sp³-hybridized carbons (Fsp3) is 0.167. The van der Waals surface area contributed by atoms with Gasteiger partial charge in [-0.05, 0) is 28.1 Å². The maximum absolute atomic E-state index is 11.8. The number of rotatable bonds is 4. The lowest BCUT2D eigenvalue weighted by Crippen LogP contribution is -2.04. The predicted molar refractivity (Wildman–Crippen MR) is 65.9 cm³/mol. The van der Waals surface area contributed by atoms with Gasteiger partial charge in [0.25, 0.3) is 6.47 Å². The number of hydrogen-bond donors (Lipinski definition) is 0. The van der Waals surface area contributed by atoms with E-state index in [2.05, 4.69) is 20.7 Å². The van der Waals surface area contributed by atoms with E-state index in [1.807, 2.05) is 0 Å². The van der Waals surface area contributed by atoms with Crippen molar-refractivity contribution >= 4 is 33.4 Å². The Balaban J connectivity index is 2.43. The van der Waals surface area contributed by atoms with E-state index < -0.39 is 0 Å². The monoisotopic (exact) mass is 296 g/mol. The number of hydrogen-bond acceptors (Lipinski definition) is 4. The molecule has 0 N–H and O–H groups in total. The van der Waals surface area contributed by atoms with Crippen molar-refractivity contribution in [3.63, 3.8) is 0 Å². The lowest BCUT2D eigenvalue weighted by Gasteiger charge is -2.03. The lowest BCUT2D eigenvalue weighted by molar-refractivity contribution is -0.128. The first-order valence-corrected chi connectivity index (χ1v) is 5.78. The Hall–Kier alpha value is -1.62. The standard InChI is InChI=1S/C12H9BrO4/c13-10-3-1-2-9-11(15)6-8(17-12(9)10)4-5-16-7-14/h1-3,6-7H,4-5H2. The van der Waals surface area contributed by atoms with Gasteiger partial charge >= 0.3 is 0 Å². The maximum Gasteiger partial charge on any atom is 0.293 e. The topological polar surface area (TPSA) is 56.5 Å². The minimum absolute atomic E-state index is 0.103. The summed E-state index contributed by atoms with van der Waals surface area (Å²) in [5.41, 5.74) is 0.412. The minimum Gasteiger partial charge on any atom is -0.467 e. The largest absolute Gasteiger partial charge is 0.467 e. The highest BCUT2D eigenvalue weighted by atomic mass is 79.9. The van der Waals surface area contributed by atoms with Crippen LogP contribution in [0.1, 0.15) is 5.76 Å². The van der Waals surface area contributed by atoms with Gasteiger partial charge in [0, 0.05) is 12.5 Å². The van der Waals surface area contributed by atoms with Crippen LogP contribution in [0.15, 0.2) is 37.9 Å². The van der Waals surface area contributed by atoms with E-state index in [-0.39, 0.29) is 12.0 Å².